The van der Waals surface area contributed by atoms with Crippen LogP contribution in [0, 0.1) is 5.82 Å². The highest BCUT2D eigenvalue weighted by molar-refractivity contribution is 5.19. The molecule has 0 aliphatic rings. The maximum Gasteiger partial charge on any atom is 0.453 e. The average molecular weight is 272 g/mol. The van der Waals surface area contributed by atoms with Crippen LogP contribution in [0.5, 0.6) is 0 Å². The first-order valence-electron chi connectivity index (χ1n) is 4.90. The van der Waals surface area contributed by atoms with Crippen LogP contribution in [0.15, 0.2) is 24.3 Å². The first kappa shape index (κ1) is 14.8. The Balaban J connectivity index is 2.89. The summed E-state index contributed by atoms with van der Waals surface area (Å²) in [6.07, 6.45) is -8.63. The molecule has 1 unspecified atom stereocenters. The summed E-state index contributed by atoms with van der Waals surface area (Å²) in [5.41, 5.74) is 0.0582. The first-order chi connectivity index (χ1) is 8.17. The van der Waals surface area contributed by atoms with E-state index in [0.717, 1.165) is 31.4 Å². The summed E-state index contributed by atoms with van der Waals surface area (Å²) in [5.74, 6) is -5.47. The van der Waals surface area contributed by atoms with Gasteiger partial charge in [-0.25, -0.2) is 4.39 Å². The zero-order valence-corrected chi connectivity index (χ0v) is 9.27. The second-order valence-electron chi connectivity index (χ2n) is 3.68. The largest absolute Gasteiger partial charge is 0.453 e. The van der Waals surface area contributed by atoms with Crippen molar-refractivity contribution in [2.45, 2.75) is 24.6 Å². The smallest absolute Gasteiger partial charge is 0.377 e. The van der Waals surface area contributed by atoms with E-state index < -0.39 is 30.4 Å². The molecule has 0 saturated carbocycles. The monoisotopic (exact) mass is 272 g/mol. The fraction of sp³-hybridized carbons (Fsp3) is 0.455. The number of methoxy groups -OCH3 is 1. The summed E-state index contributed by atoms with van der Waals surface area (Å²) in [5, 5.41) is 0. The molecule has 0 saturated heterocycles. The fourth-order valence-corrected chi connectivity index (χ4v) is 1.36. The third-order valence-electron chi connectivity index (χ3n) is 2.38. The average Bonchev–Trinajstić information content (AvgIpc) is 2.25. The molecule has 0 spiro atoms. The molecule has 0 aliphatic heterocycles. The van der Waals surface area contributed by atoms with Gasteiger partial charge in [-0.1, -0.05) is 12.1 Å². The number of alkyl halides is 5. The lowest BCUT2D eigenvalue weighted by Gasteiger charge is -2.24. The number of rotatable bonds is 4. The van der Waals surface area contributed by atoms with E-state index in [9.17, 15) is 26.3 Å². The molecule has 0 heterocycles. The number of hydrogen-bond acceptors (Lipinski definition) is 1. The Morgan fingerprint density at radius 3 is 1.94 bits per heavy atom. The standard InChI is InChI=1S/C11H10F6O/c1-18-9(6-10(13,14)11(15,16)17)7-2-4-8(12)5-3-7/h2-5,9H,6H2,1H3. The molecule has 0 fully saturated rings. The molecule has 7 heteroatoms. The molecule has 0 N–H and O–H groups in total. The van der Waals surface area contributed by atoms with E-state index in [1.807, 2.05) is 0 Å². The van der Waals surface area contributed by atoms with Gasteiger partial charge in [0, 0.05) is 7.11 Å². The van der Waals surface area contributed by atoms with Crippen molar-refractivity contribution in [1.82, 2.24) is 0 Å². The fourth-order valence-electron chi connectivity index (χ4n) is 1.36. The van der Waals surface area contributed by atoms with E-state index in [4.69, 9.17) is 0 Å². The van der Waals surface area contributed by atoms with Crippen molar-refractivity contribution < 1.29 is 31.1 Å². The summed E-state index contributed by atoms with van der Waals surface area (Å²) in [6.45, 7) is 0. The molecule has 102 valence electrons. The van der Waals surface area contributed by atoms with Crippen molar-refractivity contribution >= 4 is 0 Å². The van der Waals surface area contributed by atoms with Crippen molar-refractivity contribution in [2.75, 3.05) is 7.11 Å². The van der Waals surface area contributed by atoms with E-state index in [1.165, 1.54) is 0 Å². The predicted octanol–water partition coefficient (Wildman–Crippen LogP) is 4.10. The highest BCUT2D eigenvalue weighted by Crippen LogP contribution is 2.42. The number of ether oxygens (including phenoxy) is 1. The Bertz CT molecular complexity index is 384. The van der Waals surface area contributed by atoms with Gasteiger partial charge < -0.3 is 4.74 Å². The van der Waals surface area contributed by atoms with Gasteiger partial charge in [0.15, 0.2) is 0 Å². The topological polar surface area (TPSA) is 9.23 Å². The van der Waals surface area contributed by atoms with Gasteiger partial charge in [0.05, 0.1) is 12.5 Å². The molecule has 0 bridgehead atoms. The molecule has 1 nitrogen and oxygen atoms in total. The van der Waals surface area contributed by atoms with Crippen LogP contribution in [0.3, 0.4) is 0 Å². The molecule has 0 aliphatic carbocycles. The van der Waals surface area contributed by atoms with E-state index >= 15 is 0 Å². The highest BCUT2D eigenvalue weighted by Gasteiger charge is 2.58. The molecular weight excluding hydrogens is 262 g/mol. The lowest BCUT2D eigenvalue weighted by Crippen LogP contribution is -2.38. The molecule has 18 heavy (non-hydrogen) atoms. The van der Waals surface area contributed by atoms with Gasteiger partial charge in [-0.05, 0) is 17.7 Å². The van der Waals surface area contributed by atoms with E-state index in [-0.39, 0.29) is 5.56 Å². The van der Waals surface area contributed by atoms with Crippen LogP contribution in [-0.4, -0.2) is 19.2 Å². The Morgan fingerprint density at radius 1 is 1.06 bits per heavy atom. The summed E-state index contributed by atoms with van der Waals surface area (Å²) in [7, 11) is 1.01. The van der Waals surface area contributed by atoms with Gasteiger partial charge in [0.2, 0.25) is 0 Å². The maximum absolute atomic E-state index is 12.9. The van der Waals surface area contributed by atoms with Gasteiger partial charge in [0.25, 0.3) is 0 Å². The van der Waals surface area contributed by atoms with E-state index in [2.05, 4.69) is 4.74 Å². The Labute approximate surface area is 99.4 Å². The molecule has 1 aromatic rings. The minimum absolute atomic E-state index is 0.0582. The van der Waals surface area contributed by atoms with Crippen molar-refractivity contribution in [3.63, 3.8) is 0 Å². The van der Waals surface area contributed by atoms with Crippen molar-refractivity contribution in [3.05, 3.63) is 35.6 Å². The minimum Gasteiger partial charge on any atom is -0.377 e. The van der Waals surface area contributed by atoms with Crippen LogP contribution < -0.4 is 0 Å². The van der Waals surface area contributed by atoms with Crippen LogP contribution in [0.25, 0.3) is 0 Å². The van der Waals surface area contributed by atoms with Crippen molar-refractivity contribution in [2.24, 2.45) is 0 Å². The Hall–Kier alpha value is -1.24. The van der Waals surface area contributed by atoms with Crippen LogP contribution in [0.1, 0.15) is 18.1 Å². The van der Waals surface area contributed by atoms with Crippen molar-refractivity contribution in [1.29, 1.82) is 0 Å². The van der Waals surface area contributed by atoms with Crippen LogP contribution in [0.4, 0.5) is 26.3 Å². The Kier molecular flexibility index (Phi) is 4.26. The summed E-state index contributed by atoms with van der Waals surface area (Å²) in [4.78, 5) is 0. The Morgan fingerprint density at radius 2 is 1.56 bits per heavy atom. The third-order valence-corrected chi connectivity index (χ3v) is 2.38. The van der Waals surface area contributed by atoms with Gasteiger partial charge in [-0.15, -0.1) is 0 Å². The molecule has 1 aromatic carbocycles. The van der Waals surface area contributed by atoms with E-state index in [1.54, 1.807) is 0 Å². The number of halogens is 6. The predicted molar refractivity (Wildman–Crippen MR) is 51.8 cm³/mol. The number of hydrogen-bond donors (Lipinski definition) is 0. The lowest BCUT2D eigenvalue weighted by atomic mass is 10.0. The van der Waals surface area contributed by atoms with Gasteiger partial charge in [-0.3, -0.25) is 0 Å². The molecule has 0 radical (unpaired) electrons. The van der Waals surface area contributed by atoms with Crippen LogP contribution in [-0.2, 0) is 4.74 Å². The zero-order valence-electron chi connectivity index (χ0n) is 9.27. The van der Waals surface area contributed by atoms with E-state index in [0.29, 0.717) is 0 Å². The second kappa shape index (κ2) is 5.17. The molecule has 1 atom stereocenters. The lowest BCUT2D eigenvalue weighted by molar-refractivity contribution is -0.291. The summed E-state index contributed by atoms with van der Waals surface area (Å²) < 4.78 is 79.1. The maximum atomic E-state index is 12.9. The zero-order chi connectivity index (χ0) is 14.0. The van der Waals surface area contributed by atoms with Gasteiger partial charge in [-0.2, -0.15) is 22.0 Å². The van der Waals surface area contributed by atoms with Crippen LogP contribution >= 0.6 is 0 Å². The normalized spacial score (nSPS) is 14.6. The first-order valence-corrected chi connectivity index (χ1v) is 4.90. The van der Waals surface area contributed by atoms with Crippen LogP contribution in [0.2, 0.25) is 0 Å². The summed E-state index contributed by atoms with van der Waals surface area (Å²) >= 11 is 0. The highest BCUT2D eigenvalue weighted by atomic mass is 19.4. The molecular formula is C11H10F6O. The van der Waals surface area contributed by atoms with Crippen molar-refractivity contribution in [3.8, 4) is 0 Å². The minimum atomic E-state index is -5.64. The third kappa shape index (κ3) is 3.38. The quantitative estimate of drug-likeness (QED) is 0.750. The molecule has 0 aromatic heterocycles. The summed E-state index contributed by atoms with van der Waals surface area (Å²) in [6, 6.07) is 4.14. The second-order valence-corrected chi connectivity index (χ2v) is 3.68. The van der Waals surface area contributed by atoms with Gasteiger partial charge >= 0.3 is 12.1 Å². The number of benzene rings is 1. The van der Waals surface area contributed by atoms with Gasteiger partial charge in [0.1, 0.15) is 5.82 Å². The SMILES string of the molecule is COC(CC(F)(F)C(F)(F)F)c1ccc(F)cc1. The molecule has 1 rings (SSSR count). The molecule has 0 amide bonds.